The Hall–Kier alpha value is -2.04. The lowest BCUT2D eigenvalue weighted by atomic mass is 9.68. The van der Waals surface area contributed by atoms with Crippen LogP contribution in [0.4, 0.5) is 0 Å². The summed E-state index contributed by atoms with van der Waals surface area (Å²) in [5.74, 6) is 0. The maximum atomic E-state index is 12.4. The van der Waals surface area contributed by atoms with Crippen LogP contribution in [0.15, 0.2) is 24.3 Å². The molecule has 3 aromatic rings. The highest BCUT2D eigenvalue weighted by molar-refractivity contribution is 7.17. The minimum Gasteiger partial charge on any atom is -0.297 e. The van der Waals surface area contributed by atoms with Crippen molar-refractivity contribution < 1.29 is 9.59 Å². The molecular weight excluding hydrogens is 697 g/mol. The van der Waals surface area contributed by atoms with E-state index in [0.29, 0.717) is 0 Å². The number of thiophene rings is 2. The second-order valence-electron chi connectivity index (χ2n) is 17.2. The van der Waals surface area contributed by atoms with Gasteiger partial charge in [0.1, 0.15) is 0 Å². The van der Waals surface area contributed by atoms with Crippen LogP contribution in [0, 0.1) is 0 Å². The normalized spacial score (nSPS) is 14.6. The van der Waals surface area contributed by atoms with Gasteiger partial charge >= 0.3 is 0 Å². The van der Waals surface area contributed by atoms with Gasteiger partial charge in [0.2, 0.25) is 0 Å². The molecule has 0 spiro atoms. The van der Waals surface area contributed by atoms with Gasteiger partial charge in [0, 0.05) is 20.6 Å². The summed E-state index contributed by atoms with van der Waals surface area (Å²) in [5.41, 5.74) is 8.75. The van der Waals surface area contributed by atoms with Gasteiger partial charge in [-0.3, -0.25) is 9.59 Å². The Kier molecular flexibility index (Phi) is 17.6. The molecule has 0 radical (unpaired) electrons. The van der Waals surface area contributed by atoms with Crippen molar-refractivity contribution in [2.45, 2.75) is 218 Å². The Labute approximate surface area is 338 Å². The van der Waals surface area contributed by atoms with Gasteiger partial charge in [-0.15, -0.1) is 22.7 Å². The lowest BCUT2D eigenvalue weighted by molar-refractivity contribution is 0.111. The molecule has 4 heteroatoms. The quantitative estimate of drug-likeness (QED) is 0.0500. The van der Waals surface area contributed by atoms with Crippen molar-refractivity contribution in [1.29, 1.82) is 0 Å². The molecule has 0 aliphatic heterocycles. The molecule has 0 fully saturated rings. The summed E-state index contributed by atoms with van der Waals surface area (Å²) in [6.45, 7) is 9.22. The van der Waals surface area contributed by atoms with Crippen molar-refractivity contribution >= 4 is 35.2 Å². The second kappa shape index (κ2) is 22.0. The highest BCUT2D eigenvalue weighted by Gasteiger charge is 2.49. The third-order valence-corrected chi connectivity index (χ3v) is 15.5. The third-order valence-electron chi connectivity index (χ3n) is 13.3. The van der Waals surface area contributed by atoms with Crippen LogP contribution in [-0.4, -0.2) is 12.6 Å². The monoisotopic (exact) mass is 771 g/mol. The number of carbonyl (C=O) groups excluding carboxylic acids is 2. The van der Waals surface area contributed by atoms with E-state index in [-0.39, 0.29) is 10.8 Å². The Morgan fingerprint density at radius 2 is 0.667 bits per heavy atom. The summed E-state index contributed by atoms with van der Waals surface area (Å²) in [6.07, 6.45) is 38.1. The summed E-state index contributed by atoms with van der Waals surface area (Å²) >= 11 is 3.50. The number of rotatable bonds is 30. The van der Waals surface area contributed by atoms with E-state index in [1.54, 1.807) is 22.7 Å². The molecule has 5 rings (SSSR count). The molecule has 1 aromatic carbocycles. The average molecular weight is 771 g/mol. The lowest BCUT2D eigenvalue weighted by Gasteiger charge is -2.34. The largest absolute Gasteiger partial charge is 0.297 e. The van der Waals surface area contributed by atoms with Gasteiger partial charge in [0.15, 0.2) is 12.6 Å². The number of carbonyl (C=O) groups is 2. The van der Waals surface area contributed by atoms with Gasteiger partial charge in [0.05, 0.1) is 9.75 Å². The Morgan fingerprint density at radius 3 is 0.944 bits per heavy atom. The molecule has 0 saturated carbocycles. The molecule has 0 unspecified atom stereocenters. The molecule has 0 atom stereocenters. The zero-order valence-corrected chi connectivity index (χ0v) is 36.5. The highest BCUT2D eigenvalue weighted by atomic mass is 32.1. The zero-order chi connectivity index (χ0) is 38.2. The van der Waals surface area contributed by atoms with Crippen LogP contribution >= 0.6 is 22.7 Å². The van der Waals surface area contributed by atoms with Gasteiger partial charge in [-0.25, -0.2) is 0 Å². The fraction of sp³-hybridized carbons (Fsp3) is 0.680. The van der Waals surface area contributed by atoms with Gasteiger partial charge in [-0.1, -0.05) is 182 Å². The lowest BCUT2D eigenvalue weighted by Crippen LogP contribution is -2.27. The number of hydrogen-bond acceptors (Lipinski definition) is 4. The van der Waals surface area contributed by atoms with E-state index >= 15 is 0 Å². The third kappa shape index (κ3) is 9.90. The highest BCUT2D eigenvalue weighted by Crippen LogP contribution is 2.63. The first-order valence-corrected chi connectivity index (χ1v) is 24.6. The van der Waals surface area contributed by atoms with Crippen LogP contribution in [0.1, 0.15) is 249 Å². The first kappa shape index (κ1) is 43.1. The summed E-state index contributed by atoms with van der Waals surface area (Å²) in [7, 11) is 0. The van der Waals surface area contributed by atoms with Gasteiger partial charge in [-0.05, 0) is 83.3 Å². The van der Waals surface area contributed by atoms with Crippen molar-refractivity contribution in [3.63, 3.8) is 0 Å². The van der Waals surface area contributed by atoms with E-state index in [2.05, 4.69) is 52.0 Å². The van der Waals surface area contributed by atoms with Crippen molar-refractivity contribution in [2.24, 2.45) is 0 Å². The van der Waals surface area contributed by atoms with Crippen LogP contribution in [-0.2, 0) is 10.8 Å². The van der Waals surface area contributed by atoms with Crippen LogP contribution in [0.5, 0.6) is 0 Å². The van der Waals surface area contributed by atoms with E-state index in [1.807, 2.05) is 0 Å². The number of fused-ring (bicyclic) bond motifs is 6. The van der Waals surface area contributed by atoms with Crippen molar-refractivity contribution in [2.75, 3.05) is 0 Å². The number of hydrogen-bond donors (Lipinski definition) is 0. The standard InChI is InChI=1S/C50H74O2S2/c1-5-9-13-17-21-25-29-49(30-26-22-18-14-10-6-2)43-35-42-44(36-41(43)47-45(49)33-39(37-51)53-47)50(31-27-23-19-15-11-7-3,32-28-24-20-16-12-8-4)46-34-40(38-52)54-48(42)46/h33-38H,5-32H2,1-4H3. The smallest absolute Gasteiger partial charge is 0.160 e. The molecule has 0 bridgehead atoms. The average Bonchev–Trinajstić information content (AvgIpc) is 3.93. The van der Waals surface area contributed by atoms with Crippen molar-refractivity contribution in [3.05, 3.63) is 56.3 Å². The van der Waals surface area contributed by atoms with E-state index in [9.17, 15) is 9.59 Å². The fourth-order valence-corrected chi connectivity index (χ4v) is 12.5. The predicted molar refractivity (Wildman–Crippen MR) is 237 cm³/mol. The number of aldehydes is 2. The number of benzene rings is 1. The van der Waals surface area contributed by atoms with Gasteiger partial charge < -0.3 is 0 Å². The molecule has 2 aliphatic carbocycles. The molecule has 0 N–H and O–H groups in total. The SMILES string of the molecule is CCCCCCCCC1(CCCCCCCC)c2cc3c(cc2-c2sc(C=O)cc21)C(CCCCCCCC)(CCCCCCCC)c1cc(C=O)sc1-3. The maximum Gasteiger partial charge on any atom is 0.160 e. The van der Waals surface area contributed by atoms with Gasteiger partial charge in [-0.2, -0.15) is 0 Å². The fourth-order valence-electron chi connectivity index (χ4n) is 10.3. The van der Waals surface area contributed by atoms with E-state index in [4.69, 9.17) is 0 Å². The molecule has 0 amide bonds. The molecule has 2 aliphatic rings. The first-order chi connectivity index (χ1) is 26.5. The Balaban J connectivity index is 1.59. The van der Waals surface area contributed by atoms with E-state index in [1.165, 1.54) is 223 Å². The molecule has 2 heterocycles. The molecule has 2 nitrogen and oxygen atoms in total. The summed E-state index contributed by atoms with van der Waals surface area (Å²) in [5, 5.41) is 0. The van der Waals surface area contributed by atoms with Gasteiger partial charge in [0.25, 0.3) is 0 Å². The summed E-state index contributed by atoms with van der Waals surface area (Å²) < 4.78 is 0. The topological polar surface area (TPSA) is 34.1 Å². The van der Waals surface area contributed by atoms with Crippen LogP contribution in [0.3, 0.4) is 0 Å². The van der Waals surface area contributed by atoms with Crippen molar-refractivity contribution in [1.82, 2.24) is 0 Å². The molecular formula is C50H74O2S2. The van der Waals surface area contributed by atoms with E-state index < -0.39 is 0 Å². The minimum absolute atomic E-state index is 0.0400. The Bertz CT molecular complexity index is 1440. The van der Waals surface area contributed by atoms with E-state index in [0.717, 1.165) is 22.3 Å². The van der Waals surface area contributed by atoms with Crippen LogP contribution in [0.2, 0.25) is 0 Å². The second-order valence-corrected chi connectivity index (χ2v) is 19.4. The summed E-state index contributed by atoms with van der Waals surface area (Å²) in [4.78, 5) is 29.4. The first-order valence-electron chi connectivity index (χ1n) is 22.9. The Morgan fingerprint density at radius 1 is 0.389 bits per heavy atom. The molecule has 298 valence electrons. The molecule has 54 heavy (non-hydrogen) atoms. The van der Waals surface area contributed by atoms with Crippen LogP contribution in [0.25, 0.3) is 20.9 Å². The number of unbranched alkanes of at least 4 members (excludes halogenated alkanes) is 20. The van der Waals surface area contributed by atoms with Crippen molar-refractivity contribution in [3.8, 4) is 20.9 Å². The van der Waals surface area contributed by atoms with Crippen LogP contribution < -0.4 is 0 Å². The molecule has 0 saturated heterocycles. The zero-order valence-electron chi connectivity index (χ0n) is 34.9. The predicted octanol–water partition coefficient (Wildman–Crippen LogP) is 17.0. The minimum atomic E-state index is -0.0400. The summed E-state index contributed by atoms with van der Waals surface area (Å²) in [6, 6.07) is 9.90. The molecule has 2 aromatic heterocycles. The maximum absolute atomic E-state index is 12.4.